The Morgan fingerprint density at radius 1 is 1.33 bits per heavy atom. The Kier molecular flexibility index (Phi) is 16.3. The highest BCUT2D eigenvalue weighted by atomic mass is 16.5. The van der Waals surface area contributed by atoms with E-state index in [-0.39, 0.29) is 14.9 Å². The molecule has 0 saturated carbocycles. The summed E-state index contributed by atoms with van der Waals surface area (Å²) in [5, 5.41) is 0. The molecule has 1 saturated heterocycles. The Morgan fingerprint density at radius 3 is 2.00 bits per heavy atom. The molecular weight excluding hydrogens is 150 g/mol. The first-order valence-corrected chi connectivity index (χ1v) is 4.02. The summed E-state index contributed by atoms with van der Waals surface area (Å²) in [5.74, 6) is 0. The predicted molar refractivity (Wildman–Crippen MR) is 56.3 cm³/mol. The summed E-state index contributed by atoms with van der Waals surface area (Å²) in [6, 6.07) is 0. The minimum Gasteiger partial charge on any atom is -0.466 e. The molecule has 78 valence electrons. The summed E-state index contributed by atoms with van der Waals surface area (Å²) < 4.78 is 5.12. The van der Waals surface area contributed by atoms with Gasteiger partial charge >= 0.3 is 0 Å². The fourth-order valence-corrected chi connectivity index (χ4v) is 1.09. The second-order valence-corrected chi connectivity index (χ2v) is 2.35. The molecular formula is C10H27NO. The van der Waals surface area contributed by atoms with Gasteiger partial charge in [0, 0.05) is 13.5 Å². The summed E-state index contributed by atoms with van der Waals surface area (Å²) in [5.41, 5.74) is 0. The Labute approximate surface area is 78.9 Å². The van der Waals surface area contributed by atoms with Crippen molar-refractivity contribution >= 4 is 0 Å². The average Bonchev–Trinajstić information content (AvgIpc) is 2.40. The van der Waals surface area contributed by atoms with Gasteiger partial charge in [0.25, 0.3) is 0 Å². The van der Waals surface area contributed by atoms with Crippen LogP contribution in [0.25, 0.3) is 0 Å². The third-order valence-electron chi connectivity index (χ3n) is 1.67. The van der Waals surface area contributed by atoms with Crippen LogP contribution in [0.3, 0.4) is 0 Å². The molecule has 0 aromatic carbocycles. The average molecular weight is 177 g/mol. The summed E-state index contributed by atoms with van der Waals surface area (Å²) in [4.78, 5) is 1.34. The van der Waals surface area contributed by atoms with Gasteiger partial charge < -0.3 is 9.64 Å². The van der Waals surface area contributed by atoms with Crippen molar-refractivity contribution in [3.8, 4) is 0 Å². The number of hydrogen-bond donors (Lipinski definition) is 1. The molecule has 1 rings (SSSR count). The molecule has 0 aromatic heterocycles. The van der Waals surface area contributed by atoms with Crippen LogP contribution in [0.4, 0.5) is 0 Å². The van der Waals surface area contributed by atoms with Crippen molar-refractivity contribution in [1.82, 2.24) is 0 Å². The first-order chi connectivity index (χ1) is 4.83. The van der Waals surface area contributed by atoms with Gasteiger partial charge in [0.1, 0.15) is 6.10 Å². The van der Waals surface area contributed by atoms with Gasteiger partial charge in [-0.25, -0.2) is 0 Å². The lowest BCUT2D eigenvalue weighted by molar-refractivity contribution is -0.841. The third-order valence-corrected chi connectivity index (χ3v) is 1.67. The van der Waals surface area contributed by atoms with Gasteiger partial charge in [-0.1, -0.05) is 28.7 Å². The van der Waals surface area contributed by atoms with Crippen molar-refractivity contribution in [2.24, 2.45) is 0 Å². The Bertz CT molecular complexity index is 76.2. The molecule has 1 fully saturated rings. The van der Waals surface area contributed by atoms with Crippen LogP contribution in [0.2, 0.25) is 0 Å². The molecule has 2 nitrogen and oxygen atoms in total. The summed E-state index contributed by atoms with van der Waals surface area (Å²) in [6.45, 7) is 6.25. The second-order valence-electron chi connectivity index (χ2n) is 2.35. The molecule has 1 N–H and O–H groups in total. The molecule has 0 spiro atoms. The normalized spacial score (nSPS) is 26.0. The van der Waals surface area contributed by atoms with E-state index >= 15 is 0 Å². The maximum absolute atomic E-state index is 5.12. The summed E-state index contributed by atoms with van der Waals surface area (Å²) >= 11 is 0. The maximum Gasteiger partial charge on any atom is 0.109 e. The highest BCUT2D eigenvalue weighted by molar-refractivity contribution is 4.59. The van der Waals surface area contributed by atoms with Crippen LogP contribution in [0.1, 0.15) is 35.1 Å². The van der Waals surface area contributed by atoms with Crippen molar-refractivity contribution in [2.45, 2.75) is 41.2 Å². The molecule has 2 unspecified atom stereocenters. The Morgan fingerprint density at radius 2 is 1.83 bits per heavy atom. The standard InChI is InChI=1S/C6H13NO.C2H6.2CH4/c1-7-4-3-6(5-7)8-2;1-2;;/h6-7H,1,3-5H2,2H3;1-2H3;2*1H4. The first-order valence-electron chi connectivity index (χ1n) is 4.02. The first kappa shape index (κ1) is 17.9. The van der Waals surface area contributed by atoms with Gasteiger partial charge in [0.15, 0.2) is 0 Å². The van der Waals surface area contributed by atoms with E-state index in [4.69, 9.17) is 4.74 Å². The smallest absolute Gasteiger partial charge is 0.109 e. The Hall–Kier alpha value is -0.0800. The SMILES string of the molecule is C.C.CC.[CH2-][NH+]1CCC(OC)C1. The van der Waals surface area contributed by atoms with E-state index in [1.165, 1.54) is 17.9 Å². The van der Waals surface area contributed by atoms with Crippen LogP contribution >= 0.6 is 0 Å². The van der Waals surface area contributed by atoms with E-state index in [2.05, 4.69) is 7.05 Å². The molecule has 2 atom stereocenters. The zero-order valence-electron chi connectivity index (χ0n) is 7.31. The van der Waals surface area contributed by atoms with Crippen LogP contribution in [0, 0.1) is 7.05 Å². The minimum atomic E-state index is 0. The number of ether oxygens (including phenoxy) is 1. The van der Waals surface area contributed by atoms with E-state index in [1.54, 1.807) is 7.11 Å². The number of quaternary nitrogens is 1. The van der Waals surface area contributed by atoms with Crippen molar-refractivity contribution in [1.29, 1.82) is 0 Å². The number of rotatable bonds is 1. The van der Waals surface area contributed by atoms with Gasteiger partial charge in [0.2, 0.25) is 0 Å². The number of hydrogen-bond acceptors (Lipinski definition) is 1. The molecule has 12 heavy (non-hydrogen) atoms. The van der Waals surface area contributed by atoms with Crippen molar-refractivity contribution in [2.75, 3.05) is 20.2 Å². The van der Waals surface area contributed by atoms with Crippen molar-refractivity contribution in [3.05, 3.63) is 7.05 Å². The second kappa shape index (κ2) is 10.9. The van der Waals surface area contributed by atoms with Gasteiger partial charge in [-0.3, -0.25) is 0 Å². The molecule has 0 aliphatic carbocycles. The molecule has 1 aliphatic rings. The van der Waals surface area contributed by atoms with E-state index < -0.39 is 0 Å². The van der Waals surface area contributed by atoms with E-state index in [9.17, 15) is 0 Å². The molecule has 2 heteroatoms. The van der Waals surface area contributed by atoms with Crippen LogP contribution in [-0.4, -0.2) is 26.3 Å². The predicted octanol–water partition coefficient (Wildman–Crippen LogP) is 1.38. The number of nitrogens with one attached hydrogen (secondary N) is 1. The lowest BCUT2D eigenvalue weighted by Crippen LogP contribution is -3.05. The summed E-state index contributed by atoms with van der Waals surface area (Å²) in [7, 11) is 5.64. The van der Waals surface area contributed by atoms with Crippen LogP contribution in [0.5, 0.6) is 0 Å². The van der Waals surface area contributed by atoms with Gasteiger partial charge in [-0.15, -0.1) is 0 Å². The fourth-order valence-electron chi connectivity index (χ4n) is 1.09. The highest BCUT2D eigenvalue weighted by Gasteiger charge is 2.18. The monoisotopic (exact) mass is 177 g/mol. The zero-order valence-corrected chi connectivity index (χ0v) is 7.31. The van der Waals surface area contributed by atoms with Gasteiger partial charge in [0.05, 0.1) is 13.1 Å². The molecule has 1 heterocycles. The summed E-state index contributed by atoms with van der Waals surface area (Å²) in [6.07, 6.45) is 1.65. The van der Waals surface area contributed by atoms with Crippen LogP contribution in [-0.2, 0) is 4.74 Å². The highest BCUT2D eigenvalue weighted by Crippen LogP contribution is 1.95. The largest absolute Gasteiger partial charge is 0.466 e. The topological polar surface area (TPSA) is 13.7 Å². The van der Waals surface area contributed by atoms with Gasteiger partial charge in [-0.05, 0) is 0 Å². The molecule has 1 aliphatic heterocycles. The third kappa shape index (κ3) is 6.62. The molecule has 0 radical (unpaired) electrons. The lowest BCUT2D eigenvalue weighted by atomic mass is 10.3. The molecule has 0 amide bonds. The molecule has 0 aromatic rings. The van der Waals surface area contributed by atoms with Gasteiger partial charge in [-0.2, -0.15) is 7.05 Å². The number of likely N-dealkylation sites (tertiary alicyclic amines) is 1. The van der Waals surface area contributed by atoms with Crippen molar-refractivity contribution < 1.29 is 9.64 Å². The maximum atomic E-state index is 5.12. The van der Waals surface area contributed by atoms with E-state index in [0.717, 1.165) is 6.54 Å². The van der Waals surface area contributed by atoms with Crippen LogP contribution < -0.4 is 4.90 Å². The zero-order chi connectivity index (χ0) is 7.98. The quantitative estimate of drug-likeness (QED) is 0.597. The Balaban J connectivity index is -0.000000189. The lowest BCUT2D eigenvalue weighted by Gasteiger charge is -2.11. The fraction of sp³-hybridized carbons (Fsp3) is 0.900. The number of methoxy groups -OCH3 is 1. The van der Waals surface area contributed by atoms with Crippen LogP contribution in [0.15, 0.2) is 0 Å². The minimum absolute atomic E-state index is 0. The molecule has 0 bridgehead atoms. The van der Waals surface area contributed by atoms with E-state index in [0.29, 0.717) is 6.10 Å². The van der Waals surface area contributed by atoms with E-state index in [1.807, 2.05) is 13.8 Å². The van der Waals surface area contributed by atoms with Crippen molar-refractivity contribution in [3.63, 3.8) is 0 Å².